The van der Waals surface area contributed by atoms with Crippen LogP contribution in [0.3, 0.4) is 0 Å². The molecule has 0 atom stereocenters. The maximum atomic E-state index is 2.29. The van der Waals surface area contributed by atoms with Crippen molar-refractivity contribution in [1.29, 1.82) is 0 Å². The van der Waals surface area contributed by atoms with Crippen LogP contribution in [0.15, 0.2) is 176 Å². The van der Waals surface area contributed by atoms with Gasteiger partial charge in [-0.15, -0.1) is 0 Å². The summed E-state index contributed by atoms with van der Waals surface area (Å²) < 4.78 is 0. The van der Waals surface area contributed by atoms with E-state index in [2.05, 4.69) is 183 Å². The van der Waals surface area contributed by atoms with Crippen LogP contribution in [0.25, 0.3) is 66.1 Å². The molecule has 0 aliphatic carbocycles. The zero-order chi connectivity index (χ0) is 29.0. The van der Waals surface area contributed by atoms with Gasteiger partial charge in [0, 0.05) is 0 Å². The molecule has 0 saturated carbocycles. The molecule has 0 spiro atoms. The van der Waals surface area contributed by atoms with Crippen LogP contribution >= 0.6 is 0 Å². The van der Waals surface area contributed by atoms with Crippen molar-refractivity contribution in [1.82, 2.24) is 0 Å². The van der Waals surface area contributed by atoms with E-state index in [1.807, 2.05) is 0 Å². The van der Waals surface area contributed by atoms with Gasteiger partial charge in [0.05, 0.1) is 0 Å². The van der Waals surface area contributed by atoms with Crippen LogP contribution in [-0.4, -0.2) is 0 Å². The second kappa shape index (κ2) is 12.8. The molecule has 0 unspecified atom stereocenters. The molecule has 0 heterocycles. The molecule has 0 saturated heterocycles. The van der Waals surface area contributed by atoms with E-state index in [9.17, 15) is 0 Å². The van der Waals surface area contributed by atoms with Crippen LogP contribution in [0, 0.1) is 6.92 Å². The first-order valence-corrected chi connectivity index (χ1v) is 14.9. The third-order valence-corrected chi connectivity index (χ3v) is 8.23. The van der Waals surface area contributed by atoms with Gasteiger partial charge in [-0.2, -0.15) is 0 Å². The van der Waals surface area contributed by atoms with Gasteiger partial charge < -0.3 is 0 Å². The molecule has 44 heavy (non-hydrogen) atoms. The van der Waals surface area contributed by atoms with E-state index >= 15 is 0 Å². The molecule has 0 amide bonds. The van der Waals surface area contributed by atoms with Crippen molar-refractivity contribution >= 4 is 21.5 Å². The minimum Gasteiger partial charge on any atom is -0.0776 e. The highest BCUT2D eigenvalue weighted by molar-refractivity contribution is 6.27. The quantitative estimate of drug-likeness (QED) is 0.199. The average Bonchev–Trinajstić information content (AvgIpc) is 3.07. The van der Waals surface area contributed by atoms with Crippen LogP contribution in [-0.2, 0) is 0 Å². The number of hydrogen-bond donors (Lipinski definition) is 0. The second-order valence-electron chi connectivity index (χ2n) is 10.9. The van der Waals surface area contributed by atoms with Crippen molar-refractivity contribution in [2.45, 2.75) is 14.4 Å². The topological polar surface area (TPSA) is 0 Å². The molecule has 0 heteroatoms. The van der Waals surface area contributed by atoms with Gasteiger partial charge in [0.1, 0.15) is 0 Å². The van der Waals surface area contributed by atoms with Crippen molar-refractivity contribution < 1.29 is 0 Å². The van der Waals surface area contributed by atoms with Gasteiger partial charge in [-0.1, -0.05) is 183 Å². The average molecular weight is 565 g/mol. The minimum absolute atomic E-state index is 0. The van der Waals surface area contributed by atoms with Crippen molar-refractivity contribution in [3.8, 4) is 44.5 Å². The van der Waals surface area contributed by atoms with Gasteiger partial charge in [-0.3, -0.25) is 0 Å². The first-order valence-electron chi connectivity index (χ1n) is 14.9. The van der Waals surface area contributed by atoms with Crippen LogP contribution in [0.2, 0.25) is 0 Å². The summed E-state index contributed by atoms with van der Waals surface area (Å²) in [7, 11) is 0. The Morgan fingerprint density at radius 2 is 0.636 bits per heavy atom. The SMILES string of the molecule is C.Cc1cccccc(-c2ccccc2)c2c(-c3ccccc3)c3ccccc3c(-c3ccccc3)c2c1-c1ccccc1. The van der Waals surface area contributed by atoms with Crippen molar-refractivity contribution in [3.05, 3.63) is 181 Å². The smallest absolute Gasteiger partial charge is 0.000520 e. The third-order valence-electron chi connectivity index (χ3n) is 8.23. The lowest BCUT2D eigenvalue weighted by Gasteiger charge is -2.22. The highest BCUT2D eigenvalue weighted by atomic mass is 14.2. The molecule has 0 aliphatic heterocycles. The molecule has 0 aromatic heterocycles. The summed E-state index contributed by atoms with van der Waals surface area (Å²) in [5, 5.41) is 4.99. The Morgan fingerprint density at radius 3 is 1.11 bits per heavy atom. The lowest BCUT2D eigenvalue weighted by Crippen LogP contribution is -1.95. The normalized spacial score (nSPS) is 10.7. The lowest BCUT2D eigenvalue weighted by atomic mass is 9.81. The van der Waals surface area contributed by atoms with Gasteiger partial charge >= 0.3 is 0 Å². The Balaban J connectivity index is 0.00000343. The van der Waals surface area contributed by atoms with Crippen LogP contribution in [0.4, 0.5) is 0 Å². The number of rotatable bonds is 4. The Kier molecular flexibility index (Phi) is 8.34. The largest absolute Gasteiger partial charge is 0.0776 e. The Morgan fingerprint density at radius 1 is 0.295 bits per heavy atom. The Labute approximate surface area is 261 Å². The Bertz CT molecular complexity index is 2090. The standard InChI is InChI=1S/C43H32.CH4/c1-31-19-7-2-16-28-36(32-20-8-3-9-21-32)42-40(34-24-12-5-13-25-34)37-29-17-18-30-38(37)41(35-26-14-6-15-27-35)43(42)39(31)33-22-10-4-11-23-33;/h2-30H,1H3;1H4. The summed E-state index contributed by atoms with van der Waals surface area (Å²) in [6.45, 7) is 2.25. The maximum absolute atomic E-state index is 2.29. The number of aryl methyl sites for hydroxylation is 1. The summed E-state index contributed by atoms with van der Waals surface area (Å²) in [5.41, 5.74) is 11.0. The molecule has 7 aromatic carbocycles. The first kappa shape index (κ1) is 28.6. The molecule has 7 aromatic rings. The van der Waals surface area contributed by atoms with Crippen molar-refractivity contribution in [3.63, 3.8) is 0 Å². The molecular weight excluding hydrogens is 528 g/mol. The van der Waals surface area contributed by atoms with E-state index in [0.29, 0.717) is 0 Å². The summed E-state index contributed by atoms with van der Waals surface area (Å²) in [6, 6.07) is 63.5. The fraction of sp³-hybridized carbons (Fsp3) is 0.0455. The maximum Gasteiger partial charge on any atom is -0.000520 e. The van der Waals surface area contributed by atoms with E-state index in [1.54, 1.807) is 0 Å². The second-order valence-corrected chi connectivity index (χ2v) is 10.9. The molecule has 0 radical (unpaired) electrons. The summed E-state index contributed by atoms with van der Waals surface area (Å²) in [5.74, 6) is 0. The molecule has 0 aliphatic rings. The molecule has 0 N–H and O–H groups in total. The molecule has 0 bridgehead atoms. The van der Waals surface area contributed by atoms with E-state index < -0.39 is 0 Å². The van der Waals surface area contributed by atoms with Crippen molar-refractivity contribution in [2.24, 2.45) is 0 Å². The molecular formula is C44H36. The van der Waals surface area contributed by atoms with Crippen molar-refractivity contribution in [2.75, 3.05) is 0 Å². The monoisotopic (exact) mass is 564 g/mol. The summed E-state index contributed by atoms with van der Waals surface area (Å²) in [4.78, 5) is 0. The van der Waals surface area contributed by atoms with Crippen LogP contribution in [0.5, 0.6) is 0 Å². The van der Waals surface area contributed by atoms with Crippen LogP contribution < -0.4 is 0 Å². The molecule has 0 fully saturated rings. The third kappa shape index (κ3) is 5.27. The highest BCUT2D eigenvalue weighted by Gasteiger charge is 2.21. The molecule has 7 rings (SSSR count). The predicted octanol–water partition coefficient (Wildman–Crippen LogP) is 12.7. The van der Waals surface area contributed by atoms with E-state index in [0.717, 1.165) is 0 Å². The van der Waals surface area contributed by atoms with Crippen LogP contribution in [0.1, 0.15) is 13.0 Å². The fourth-order valence-corrected chi connectivity index (χ4v) is 6.38. The zero-order valence-corrected chi connectivity index (χ0v) is 24.2. The van der Waals surface area contributed by atoms with Gasteiger partial charge in [0.25, 0.3) is 0 Å². The zero-order valence-electron chi connectivity index (χ0n) is 24.2. The van der Waals surface area contributed by atoms with E-state index in [1.165, 1.54) is 71.6 Å². The Hall–Kier alpha value is -5.46. The summed E-state index contributed by atoms with van der Waals surface area (Å²) in [6.07, 6.45) is 0. The van der Waals surface area contributed by atoms with Gasteiger partial charge in [0.2, 0.25) is 0 Å². The minimum atomic E-state index is 0. The molecule has 212 valence electrons. The lowest BCUT2D eigenvalue weighted by molar-refractivity contribution is 1.49. The number of fused-ring (bicyclic) bond motifs is 2. The predicted molar refractivity (Wildman–Crippen MR) is 192 cm³/mol. The van der Waals surface area contributed by atoms with Gasteiger partial charge in [-0.05, 0) is 78.5 Å². The summed E-state index contributed by atoms with van der Waals surface area (Å²) >= 11 is 0. The fourth-order valence-electron chi connectivity index (χ4n) is 6.38. The van der Waals surface area contributed by atoms with E-state index in [4.69, 9.17) is 0 Å². The molecule has 0 nitrogen and oxygen atoms in total. The number of hydrogen-bond acceptors (Lipinski definition) is 0. The van der Waals surface area contributed by atoms with Gasteiger partial charge in [0.15, 0.2) is 0 Å². The number of benzene rings is 6. The van der Waals surface area contributed by atoms with E-state index in [-0.39, 0.29) is 7.43 Å². The highest BCUT2D eigenvalue weighted by Crippen LogP contribution is 2.49. The first-order chi connectivity index (χ1) is 21.3. The van der Waals surface area contributed by atoms with Gasteiger partial charge in [-0.25, -0.2) is 0 Å².